The van der Waals surface area contributed by atoms with E-state index in [-0.39, 0.29) is 0 Å². The van der Waals surface area contributed by atoms with Gasteiger partial charge in [0.15, 0.2) is 0 Å². The SMILES string of the molecule is CNC1CC2CC(C)c3cccc1c32. The average molecular weight is 187 g/mol. The molecule has 0 fully saturated rings. The van der Waals surface area contributed by atoms with Gasteiger partial charge in [-0.15, -0.1) is 0 Å². The molecular formula is C13H17N. The molecule has 0 radical (unpaired) electrons. The fourth-order valence-corrected chi connectivity index (χ4v) is 3.38. The molecule has 0 saturated carbocycles. The van der Waals surface area contributed by atoms with Crippen molar-refractivity contribution in [3.63, 3.8) is 0 Å². The van der Waals surface area contributed by atoms with Gasteiger partial charge < -0.3 is 5.32 Å². The predicted molar refractivity (Wildman–Crippen MR) is 58.6 cm³/mol. The van der Waals surface area contributed by atoms with Crippen LogP contribution in [0.15, 0.2) is 18.2 Å². The third-order valence-corrected chi connectivity index (χ3v) is 3.99. The van der Waals surface area contributed by atoms with Crippen LogP contribution in [0.25, 0.3) is 0 Å². The van der Waals surface area contributed by atoms with Crippen molar-refractivity contribution in [1.29, 1.82) is 0 Å². The van der Waals surface area contributed by atoms with Crippen molar-refractivity contribution in [2.45, 2.75) is 37.6 Å². The summed E-state index contributed by atoms with van der Waals surface area (Å²) in [6.45, 7) is 2.36. The van der Waals surface area contributed by atoms with Crippen LogP contribution in [-0.4, -0.2) is 7.05 Å². The maximum Gasteiger partial charge on any atom is 0.0326 e. The minimum Gasteiger partial charge on any atom is -0.313 e. The first kappa shape index (κ1) is 8.49. The average Bonchev–Trinajstić information content (AvgIpc) is 2.71. The molecule has 1 nitrogen and oxygen atoms in total. The summed E-state index contributed by atoms with van der Waals surface area (Å²) in [6.07, 6.45) is 2.68. The van der Waals surface area contributed by atoms with Gasteiger partial charge in [-0.2, -0.15) is 0 Å². The molecule has 74 valence electrons. The molecule has 1 aromatic carbocycles. The highest BCUT2D eigenvalue weighted by molar-refractivity contribution is 5.48. The van der Waals surface area contributed by atoms with Gasteiger partial charge in [-0.25, -0.2) is 0 Å². The lowest BCUT2D eigenvalue weighted by Gasteiger charge is -2.13. The summed E-state index contributed by atoms with van der Waals surface area (Å²) < 4.78 is 0. The number of rotatable bonds is 1. The van der Waals surface area contributed by atoms with Gasteiger partial charge in [-0.05, 0) is 48.4 Å². The van der Waals surface area contributed by atoms with Crippen molar-refractivity contribution < 1.29 is 0 Å². The number of benzene rings is 1. The summed E-state index contributed by atoms with van der Waals surface area (Å²) in [7, 11) is 2.08. The van der Waals surface area contributed by atoms with E-state index in [1.807, 2.05) is 0 Å². The van der Waals surface area contributed by atoms with Crippen molar-refractivity contribution in [2.75, 3.05) is 7.05 Å². The van der Waals surface area contributed by atoms with Crippen LogP contribution in [0, 0.1) is 0 Å². The van der Waals surface area contributed by atoms with Crippen molar-refractivity contribution in [2.24, 2.45) is 0 Å². The normalized spacial score (nSPS) is 33.4. The highest BCUT2D eigenvalue weighted by Gasteiger charge is 2.38. The van der Waals surface area contributed by atoms with Crippen LogP contribution in [0.5, 0.6) is 0 Å². The van der Waals surface area contributed by atoms with Crippen LogP contribution < -0.4 is 5.32 Å². The van der Waals surface area contributed by atoms with Crippen molar-refractivity contribution in [3.05, 3.63) is 34.9 Å². The summed E-state index contributed by atoms with van der Waals surface area (Å²) in [4.78, 5) is 0. The monoisotopic (exact) mass is 187 g/mol. The minimum absolute atomic E-state index is 0.613. The van der Waals surface area contributed by atoms with Gasteiger partial charge in [0.1, 0.15) is 0 Å². The Hall–Kier alpha value is -0.820. The molecule has 3 unspecified atom stereocenters. The minimum atomic E-state index is 0.613. The van der Waals surface area contributed by atoms with E-state index < -0.39 is 0 Å². The Morgan fingerprint density at radius 2 is 2.00 bits per heavy atom. The highest BCUT2D eigenvalue weighted by atomic mass is 14.9. The largest absolute Gasteiger partial charge is 0.313 e. The Balaban J connectivity index is 2.17. The fourth-order valence-electron chi connectivity index (χ4n) is 3.38. The topological polar surface area (TPSA) is 12.0 Å². The van der Waals surface area contributed by atoms with Gasteiger partial charge >= 0.3 is 0 Å². The molecule has 14 heavy (non-hydrogen) atoms. The second-order valence-corrected chi connectivity index (χ2v) is 4.76. The third-order valence-electron chi connectivity index (χ3n) is 3.99. The van der Waals surface area contributed by atoms with Gasteiger partial charge in [0, 0.05) is 6.04 Å². The highest BCUT2D eigenvalue weighted by Crippen LogP contribution is 2.52. The lowest BCUT2D eigenvalue weighted by atomic mass is 9.98. The van der Waals surface area contributed by atoms with E-state index in [2.05, 4.69) is 37.5 Å². The van der Waals surface area contributed by atoms with Crippen molar-refractivity contribution >= 4 is 0 Å². The molecule has 1 N–H and O–H groups in total. The van der Waals surface area contributed by atoms with Gasteiger partial charge in [-0.1, -0.05) is 25.1 Å². The molecule has 0 aromatic heterocycles. The number of nitrogens with one attached hydrogen (secondary N) is 1. The first-order valence-corrected chi connectivity index (χ1v) is 5.61. The van der Waals surface area contributed by atoms with Crippen LogP contribution in [0.4, 0.5) is 0 Å². The zero-order chi connectivity index (χ0) is 9.71. The Labute approximate surface area is 85.5 Å². The van der Waals surface area contributed by atoms with Crippen molar-refractivity contribution in [1.82, 2.24) is 5.32 Å². The summed E-state index contributed by atoms with van der Waals surface area (Å²) in [6, 6.07) is 7.46. The first-order valence-electron chi connectivity index (χ1n) is 5.61. The van der Waals surface area contributed by atoms with Crippen LogP contribution in [-0.2, 0) is 0 Å². The number of hydrogen-bond donors (Lipinski definition) is 1. The maximum absolute atomic E-state index is 3.43. The first-order chi connectivity index (χ1) is 6.81. The van der Waals surface area contributed by atoms with E-state index in [4.69, 9.17) is 0 Å². The van der Waals surface area contributed by atoms with Crippen LogP contribution >= 0.6 is 0 Å². The lowest BCUT2D eigenvalue weighted by molar-refractivity contribution is 0.507. The Morgan fingerprint density at radius 3 is 2.79 bits per heavy atom. The van der Waals surface area contributed by atoms with E-state index in [1.54, 1.807) is 16.7 Å². The lowest BCUT2D eigenvalue weighted by Crippen LogP contribution is -2.13. The summed E-state index contributed by atoms with van der Waals surface area (Å²) >= 11 is 0. The molecule has 0 aliphatic heterocycles. The molecule has 0 heterocycles. The standard InChI is InChI=1S/C13H17N/c1-8-6-9-7-12(14-2)11-5-3-4-10(8)13(9)11/h3-5,8-9,12,14H,6-7H2,1-2H3. The summed E-state index contributed by atoms with van der Waals surface area (Å²) in [5, 5.41) is 3.43. The molecule has 0 spiro atoms. The zero-order valence-corrected chi connectivity index (χ0v) is 8.88. The van der Waals surface area contributed by atoms with E-state index in [0.29, 0.717) is 6.04 Å². The molecule has 0 amide bonds. The summed E-state index contributed by atoms with van der Waals surface area (Å²) in [5.74, 6) is 1.63. The number of hydrogen-bond acceptors (Lipinski definition) is 1. The van der Waals surface area contributed by atoms with E-state index in [0.717, 1.165) is 11.8 Å². The molecule has 2 aliphatic carbocycles. The van der Waals surface area contributed by atoms with Gasteiger partial charge in [0.2, 0.25) is 0 Å². The Morgan fingerprint density at radius 1 is 1.21 bits per heavy atom. The van der Waals surface area contributed by atoms with E-state index >= 15 is 0 Å². The molecule has 1 heteroatoms. The second-order valence-electron chi connectivity index (χ2n) is 4.76. The van der Waals surface area contributed by atoms with Crippen molar-refractivity contribution in [3.8, 4) is 0 Å². The molecule has 3 atom stereocenters. The van der Waals surface area contributed by atoms with Gasteiger partial charge in [0.25, 0.3) is 0 Å². The predicted octanol–water partition coefficient (Wildman–Crippen LogP) is 2.94. The van der Waals surface area contributed by atoms with E-state index in [9.17, 15) is 0 Å². The van der Waals surface area contributed by atoms with Gasteiger partial charge in [0.05, 0.1) is 0 Å². The van der Waals surface area contributed by atoms with Gasteiger partial charge in [-0.3, -0.25) is 0 Å². The molecular weight excluding hydrogens is 170 g/mol. The van der Waals surface area contributed by atoms with E-state index in [1.165, 1.54) is 12.8 Å². The zero-order valence-electron chi connectivity index (χ0n) is 8.88. The molecule has 1 aromatic rings. The molecule has 3 rings (SSSR count). The molecule has 0 saturated heterocycles. The fraction of sp³-hybridized carbons (Fsp3) is 0.538. The molecule has 0 bridgehead atoms. The maximum atomic E-state index is 3.43. The smallest absolute Gasteiger partial charge is 0.0326 e. The van der Waals surface area contributed by atoms with Crippen LogP contribution in [0.3, 0.4) is 0 Å². The molecule has 2 aliphatic rings. The third kappa shape index (κ3) is 0.936. The Bertz CT molecular complexity index is 369. The van der Waals surface area contributed by atoms with Crippen LogP contribution in [0.1, 0.15) is 54.3 Å². The second kappa shape index (κ2) is 2.83. The summed E-state index contributed by atoms with van der Waals surface area (Å²) in [5.41, 5.74) is 4.86. The van der Waals surface area contributed by atoms with Crippen LogP contribution in [0.2, 0.25) is 0 Å². The quantitative estimate of drug-likeness (QED) is 0.712. The Kier molecular flexibility index (Phi) is 1.72.